The smallest absolute Gasteiger partial charge is 0.341 e. The molecule has 1 unspecified atom stereocenters. The van der Waals surface area contributed by atoms with Crippen molar-refractivity contribution < 1.29 is 14.3 Å². The number of benzene rings is 1. The van der Waals surface area contributed by atoms with E-state index in [4.69, 9.17) is 5.73 Å². The molecular formula is C21H27FN4O3. The lowest BCUT2D eigenvalue weighted by Crippen LogP contribution is -2.34. The summed E-state index contributed by atoms with van der Waals surface area (Å²) in [6, 6.07) is 1.26. The molecule has 0 radical (unpaired) electrons. The molecule has 1 atom stereocenters. The Balaban J connectivity index is 1.88. The van der Waals surface area contributed by atoms with Crippen LogP contribution in [0.5, 0.6) is 0 Å². The summed E-state index contributed by atoms with van der Waals surface area (Å²) in [5.74, 6) is -1.89. The Hall–Kier alpha value is -2.61. The van der Waals surface area contributed by atoms with Crippen LogP contribution in [0.4, 0.5) is 15.8 Å². The largest absolute Gasteiger partial charge is 0.477 e. The summed E-state index contributed by atoms with van der Waals surface area (Å²) < 4.78 is 16.9. The van der Waals surface area contributed by atoms with E-state index in [1.807, 2.05) is 19.0 Å². The van der Waals surface area contributed by atoms with E-state index in [9.17, 15) is 14.7 Å². The first-order valence-electron chi connectivity index (χ1n) is 9.91. The maximum atomic E-state index is 15.2. The maximum Gasteiger partial charge on any atom is 0.341 e. The van der Waals surface area contributed by atoms with Gasteiger partial charge in [0.15, 0.2) is 0 Å². The second-order valence-electron chi connectivity index (χ2n) is 9.05. The van der Waals surface area contributed by atoms with Gasteiger partial charge in [0.1, 0.15) is 11.4 Å². The molecule has 0 amide bonds. The lowest BCUT2D eigenvalue weighted by molar-refractivity contribution is 0.0695. The molecule has 2 aliphatic rings. The Kier molecular flexibility index (Phi) is 4.57. The third-order valence-corrected chi connectivity index (χ3v) is 6.02. The third kappa shape index (κ3) is 3.35. The number of carboxylic acids is 1. The summed E-state index contributed by atoms with van der Waals surface area (Å²) in [6.07, 6.45) is 4.04. The van der Waals surface area contributed by atoms with Gasteiger partial charge in [-0.3, -0.25) is 4.79 Å². The van der Waals surface area contributed by atoms with Crippen molar-refractivity contribution >= 4 is 28.2 Å². The van der Waals surface area contributed by atoms with Crippen LogP contribution in [0.1, 0.15) is 42.6 Å². The van der Waals surface area contributed by atoms with Crippen LogP contribution in [0.15, 0.2) is 17.1 Å². The van der Waals surface area contributed by atoms with Crippen molar-refractivity contribution in [3.8, 4) is 0 Å². The number of carboxylic acid groups (broad SMARTS) is 1. The molecule has 1 saturated carbocycles. The Bertz CT molecular complexity index is 1060. The zero-order valence-electron chi connectivity index (χ0n) is 17.0. The fourth-order valence-corrected chi connectivity index (χ4v) is 4.73. The first kappa shape index (κ1) is 19.7. The highest BCUT2D eigenvalue weighted by atomic mass is 19.1. The average molecular weight is 402 g/mol. The number of carbonyl (C=O) groups is 1. The number of hydrogen-bond donors (Lipinski definition) is 2. The topological polar surface area (TPSA) is 91.8 Å². The minimum Gasteiger partial charge on any atom is -0.477 e. The third-order valence-electron chi connectivity index (χ3n) is 6.02. The first-order valence-corrected chi connectivity index (χ1v) is 9.91. The second kappa shape index (κ2) is 6.73. The minimum atomic E-state index is -1.31. The van der Waals surface area contributed by atoms with Gasteiger partial charge in [-0.05, 0) is 44.8 Å². The van der Waals surface area contributed by atoms with E-state index >= 15 is 4.39 Å². The van der Waals surface area contributed by atoms with E-state index in [1.54, 1.807) is 4.57 Å². The molecule has 1 aromatic heterocycles. The lowest BCUT2D eigenvalue weighted by atomic mass is 9.89. The van der Waals surface area contributed by atoms with Gasteiger partial charge in [-0.15, -0.1) is 0 Å². The van der Waals surface area contributed by atoms with E-state index in [0.717, 1.165) is 31.9 Å². The van der Waals surface area contributed by atoms with E-state index in [1.165, 1.54) is 6.20 Å². The van der Waals surface area contributed by atoms with Crippen molar-refractivity contribution in [3.05, 3.63) is 33.9 Å². The van der Waals surface area contributed by atoms with Crippen LogP contribution in [0, 0.1) is 11.2 Å². The predicted octanol–water partition coefficient (Wildman–Crippen LogP) is 2.53. The Morgan fingerprint density at radius 2 is 2.10 bits per heavy atom. The van der Waals surface area contributed by atoms with Crippen LogP contribution in [-0.4, -0.2) is 54.3 Å². The number of rotatable bonds is 5. The number of aromatic carboxylic acids is 1. The summed E-state index contributed by atoms with van der Waals surface area (Å²) in [5.41, 5.74) is 6.40. The molecule has 29 heavy (non-hydrogen) atoms. The molecule has 156 valence electrons. The van der Waals surface area contributed by atoms with Crippen molar-refractivity contribution in [1.82, 2.24) is 9.47 Å². The van der Waals surface area contributed by atoms with Crippen LogP contribution < -0.4 is 16.1 Å². The van der Waals surface area contributed by atoms with Crippen molar-refractivity contribution in [2.45, 2.75) is 32.2 Å². The quantitative estimate of drug-likeness (QED) is 0.747. The molecule has 2 fully saturated rings. The highest BCUT2D eigenvalue weighted by Crippen LogP contribution is 2.43. The van der Waals surface area contributed by atoms with Gasteiger partial charge < -0.3 is 25.2 Å². The van der Waals surface area contributed by atoms with Crippen molar-refractivity contribution in [1.29, 1.82) is 0 Å². The number of fused-ring (bicyclic) bond motifs is 1. The van der Waals surface area contributed by atoms with Crippen LogP contribution in [0.3, 0.4) is 0 Å². The SMILES string of the molecule is CN(C)CC1(C)CCN(c2c(F)cc3c(=O)c(C(=O)O)cn(C4CC4)c3c2N)C1. The van der Waals surface area contributed by atoms with Crippen molar-refractivity contribution in [2.24, 2.45) is 5.41 Å². The second-order valence-corrected chi connectivity index (χ2v) is 9.05. The number of halogens is 1. The summed E-state index contributed by atoms with van der Waals surface area (Å²) in [7, 11) is 4.04. The lowest BCUT2D eigenvalue weighted by Gasteiger charge is -2.29. The van der Waals surface area contributed by atoms with Gasteiger partial charge in [0.05, 0.1) is 22.3 Å². The van der Waals surface area contributed by atoms with Crippen LogP contribution in [-0.2, 0) is 0 Å². The number of pyridine rings is 1. The Morgan fingerprint density at radius 3 is 2.69 bits per heavy atom. The molecule has 1 aliphatic carbocycles. The molecule has 0 spiro atoms. The van der Waals surface area contributed by atoms with E-state index < -0.39 is 17.2 Å². The van der Waals surface area contributed by atoms with Gasteiger partial charge in [0.25, 0.3) is 0 Å². The Labute approximate surface area is 168 Å². The van der Waals surface area contributed by atoms with Gasteiger partial charge in [0, 0.05) is 31.9 Å². The van der Waals surface area contributed by atoms with E-state index in [-0.39, 0.29) is 28.1 Å². The van der Waals surface area contributed by atoms with E-state index in [2.05, 4.69) is 11.8 Å². The minimum absolute atomic E-state index is 0.0145. The Morgan fingerprint density at radius 1 is 1.41 bits per heavy atom. The summed E-state index contributed by atoms with van der Waals surface area (Å²) in [5, 5.41) is 9.43. The number of nitrogens with two attached hydrogens (primary N) is 1. The van der Waals surface area contributed by atoms with Crippen LogP contribution in [0.25, 0.3) is 10.9 Å². The maximum absolute atomic E-state index is 15.2. The number of aromatic nitrogens is 1. The molecule has 2 heterocycles. The zero-order chi connectivity index (χ0) is 21.1. The van der Waals surface area contributed by atoms with E-state index in [0.29, 0.717) is 24.3 Å². The molecule has 1 aliphatic heterocycles. The fourth-order valence-electron chi connectivity index (χ4n) is 4.73. The monoisotopic (exact) mass is 402 g/mol. The number of hydrogen-bond acceptors (Lipinski definition) is 5. The summed E-state index contributed by atoms with van der Waals surface area (Å²) in [4.78, 5) is 28.3. The first-order chi connectivity index (χ1) is 13.6. The van der Waals surface area contributed by atoms with Gasteiger partial charge in [-0.25, -0.2) is 9.18 Å². The number of anilines is 2. The number of nitrogens with zero attached hydrogens (tertiary/aromatic N) is 3. The van der Waals surface area contributed by atoms with Gasteiger partial charge >= 0.3 is 5.97 Å². The van der Waals surface area contributed by atoms with Crippen LogP contribution in [0.2, 0.25) is 0 Å². The standard InChI is InChI=1S/C21H27FN4O3/c1-21(10-24(2)3)6-7-25(11-21)18-15(22)8-13-17(16(18)23)26(12-4-5-12)9-14(19(13)27)20(28)29/h8-9,12H,4-7,10-11,23H2,1-3H3,(H,28,29). The molecule has 8 heteroatoms. The molecule has 7 nitrogen and oxygen atoms in total. The van der Waals surface area contributed by atoms with Gasteiger partial charge in [-0.1, -0.05) is 6.92 Å². The average Bonchev–Trinajstić information content (AvgIpc) is 3.38. The molecule has 3 N–H and O–H groups in total. The van der Waals surface area contributed by atoms with Gasteiger partial charge in [0.2, 0.25) is 5.43 Å². The highest BCUT2D eigenvalue weighted by Gasteiger charge is 2.37. The molecule has 1 saturated heterocycles. The fraction of sp³-hybridized carbons (Fsp3) is 0.524. The van der Waals surface area contributed by atoms with Crippen molar-refractivity contribution in [2.75, 3.05) is 44.4 Å². The molecule has 2 aromatic rings. The number of nitrogen functional groups attached to an aromatic ring is 1. The predicted molar refractivity (Wildman–Crippen MR) is 111 cm³/mol. The normalized spacial score (nSPS) is 22.0. The summed E-state index contributed by atoms with van der Waals surface area (Å²) >= 11 is 0. The molecule has 4 rings (SSSR count). The highest BCUT2D eigenvalue weighted by molar-refractivity contribution is 6.00. The van der Waals surface area contributed by atoms with Crippen LogP contribution >= 0.6 is 0 Å². The zero-order valence-corrected chi connectivity index (χ0v) is 17.0. The summed E-state index contributed by atoms with van der Waals surface area (Å²) in [6.45, 7) is 4.41. The molecular weight excluding hydrogens is 375 g/mol. The van der Waals surface area contributed by atoms with Gasteiger partial charge in [-0.2, -0.15) is 0 Å². The van der Waals surface area contributed by atoms with Crippen molar-refractivity contribution in [3.63, 3.8) is 0 Å². The molecule has 0 bridgehead atoms. The molecule has 1 aromatic carbocycles.